The third-order valence-corrected chi connectivity index (χ3v) is 3.89. The molecule has 2 aromatic rings. The third-order valence-electron chi connectivity index (χ3n) is 2.90. The van der Waals surface area contributed by atoms with Gasteiger partial charge in [0.15, 0.2) is 5.82 Å². The minimum atomic E-state index is 0.144. The van der Waals surface area contributed by atoms with Gasteiger partial charge in [-0.25, -0.2) is 0 Å². The molecule has 0 aliphatic rings. The van der Waals surface area contributed by atoms with E-state index >= 15 is 0 Å². The summed E-state index contributed by atoms with van der Waals surface area (Å²) < 4.78 is 5.28. The molecule has 0 spiro atoms. The van der Waals surface area contributed by atoms with E-state index in [9.17, 15) is 0 Å². The second-order valence-electron chi connectivity index (χ2n) is 4.40. The molecule has 0 fully saturated rings. The zero-order chi connectivity index (χ0) is 13.7. The Morgan fingerprint density at radius 2 is 2.26 bits per heavy atom. The molecule has 5 heteroatoms. The Kier molecular flexibility index (Phi) is 4.99. The molecule has 1 aromatic carbocycles. The van der Waals surface area contributed by atoms with Crippen LogP contribution in [-0.4, -0.2) is 17.2 Å². The quantitative estimate of drug-likeness (QED) is 0.821. The maximum atomic E-state index is 5.28. The lowest BCUT2D eigenvalue weighted by Crippen LogP contribution is -2.15. The maximum Gasteiger partial charge on any atom is 0.243 e. The second-order valence-corrected chi connectivity index (χ2v) is 5.45. The average molecular weight is 277 g/mol. The van der Waals surface area contributed by atoms with Gasteiger partial charge < -0.3 is 9.84 Å². The van der Waals surface area contributed by atoms with Gasteiger partial charge in [0, 0.05) is 4.90 Å². The van der Waals surface area contributed by atoms with E-state index in [0.29, 0.717) is 5.89 Å². The van der Waals surface area contributed by atoms with Gasteiger partial charge in [-0.15, -0.1) is 11.8 Å². The van der Waals surface area contributed by atoms with Gasteiger partial charge in [-0.1, -0.05) is 29.8 Å². The molecular formula is C14H19N3OS. The summed E-state index contributed by atoms with van der Waals surface area (Å²) in [5, 5.41) is 7.18. The van der Waals surface area contributed by atoms with Gasteiger partial charge in [0.25, 0.3) is 0 Å². The second kappa shape index (κ2) is 6.73. The van der Waals surface area contributed by atoms with E-state index < -0.39 is 0 Å². The van der Waals surface area contributed by atoms with Gasteiger partial charge >= 0.3 is 0 Å². The molecular weight excluding hydrogens is 258 g/mol. The van der Waals surface area contributed by atoms with Crippen LogP contribution >= 0.6 is 11.8 Å². The number of hydrogen-bond acceptors (Lipinski definition) is 5. The Morgan fingerprint density at radius 3 is 2.95 bits per heavy atom. The molecule has 1 heterocycles. The van der Waals surface area contributed by atoms with Crippen molar-refractivity contribution < 1.29 is 4.52 Å². The summed E-state index contributed by atoms with van der Waals surface area (Å²) in [6, 6.07) is 8.56. The van der Waals surface area contributed by atoms with Crippen molar-refractivity contribution in [1.82, 2.24) is 15.5 Å². The molecule has 4 nitrogen and oxygen atoms in total. The summed E-state index contributed by atoms with van der Waals surface area (Å²) in [4.78, 5) is 5.66. The zero-order valence-corrected chi connectivity index (χ0v) is 12.3. The number of benzene rings is 1. The lowest BCUT2D eigenvalue weighted by molar-refractivity contribution is 0.332. The van der Waals surface area contributed by atoms with Crippen molar-refractivity contribution in [3.05, 3.63) is 41.5 Å². The van der Waals surface area contributed by atoms with E-state index in [-0.39, 0.29) is 6.04 Å². The molecule has 1 aromatic heterocycles. The standard InChI is InChI=1S/C14H19N3OS/c1-4-12(15-3)14-16-13(17-18-14)9-19-11-7-5-6-10(2)8-11/h5-8,12,15H,4,9H2,1-3H3. The molecule has 1 unspecified atom stereocenters. The SMILES string of the molecule is CCC(NC)c1nc(CSc2cccc(C)c2)no1. The van der Waals surface area contributed by atoms with Gasteiger partial charge in [-0.2, -0.15) is 4.98 Å². The molecule has 0 radical (unpaired) electrons. The summed E-state index contributed by atoms with van der Waals surface area (Å²) in [5.74, 6) is 2.15. The first-order chi connectivity index (χ1) is 9.22. The Labute approximate surface area is 118 Å². The minimum absolute atomic E-state index is 0.144. The summed E-state index contributed by atoms with van der Waals surface area (Å²) in [7, 11) is 1.90. The Balaban J connectivity index is 1.97. The lowest BCUT2D eigenvalue weighted by atomic mass is 10.2. The first-order valence-corrected chi connectivity index (χ1v) is 7.40. The fourth-order valence-electron chi connectivity index (χ4n) is 1.82. The highest BCUT2D eigenvalue weighted by Crippen LogP contribution is 2.23. The summed E-state index contributed by atoms with van der Waals surface area (Å²) >= 11 is 1.72. The van der Waals surface area contributed by atoms with E-state index in [1.54, 1.807) is 11.8 Å². The first-order valence-electron chi connectivity index (χ1n) is 6.42. The average Bonchev–Trinajstić information content (AvgIpc) is 2.87. The third kappa shape index (κ3) is 3.81. The van der Waals surface area contributed by atoms with Crippen LogP contribution in [0.3, 0.4) is 0 Å². The molecule has 0 amide bonds. The van der Waals surface area contributed by atoms with Crippen LogP contribution in [-0.2, 0) is 5.75 Å². The van der Waals surface area contributed by atoms with Crippen LogP contribution in [0.2, 0.25) is 0 Å². The van der Waals surface area contributed by atoms with Crippen molar-refractivity contribution in [3.63, 3.8) is 0 Å². The van der Waals surface area contributed by atoms with Crippen LogP contribution in [0.4, 0.5) is 0 Å². The molecule has 102 valence electrons. The monoisotopic (exact) mass is 277 g/mol. The van der Waals surface area contributed by atoms with E-state index in [2.05, 4.69) is 53.6 Å². The normalized spacial score (nSPS) is 12.6. The highest BCUT2D eigenvalue weighted by Gasteiger charge is 2.15. The van der Waals surface area contributed by atoms with Crippen molar-refractivity contribution in [2.75, 3.05) is 7.05 Å². The van der Waals surface area contributed by atoms with Crippen LogP contribution < -0.4 is 5.32 Å². The van der Waals surface area contributed by atoms with Crippen molar-refractivity contribution >= 4 is 11.8 Å². The smallest absolute Gasteiger partial charge is 0.243 e. The number of hydrogen-bond donors (Lipinski definition) is 1. The van der Waals surface area contributed by atoms with Gasteiger partial charge in [-0.3, -0.25) is 0 Å². The van der Waals surface area contributed by atoms with Crippen LogP contribution in [0.25, 0.3) is 0 Å². The van der Waals surface area contributed by atoms with Crippen LogP contribution in [0.15, 0.2) is 33.7 Å². The number of nitrogens with zero attached hydrogens (tertiary/aromatic N) is 2. The fourth-order valence-corrected chi connectivity index (χ4v) is 2.68. The van der Waals surface area contributed by atoms with E-state index in [0.717, 1.165) is 18.0 Å². The summed E-state index contributed by atoms with van der Waals surface area (Å²) in [6.07, 6.45) is 0.934. The van der Waals surface area contributed by atoms with Crippen LogP contribution in [0, 0.1) is 6.92 Å². The Hall–Kier alpha value is -1.33. The van der Waals surface area contributed by atoms with Crippen LogP contribution in [0.5, 0.6) is 0 Å². The molecule has 0 saturated heterocycles. The lowest BCUT2D eigenvalue weighted by Gasteiger charge is -2.06. The van der Waals surface area contributed by atoms with Crippen molar-refractivity contribution in [2.45, 2.75) is 37.0 Å². The van der Waals surface area contributed by atoms with Gasteiger partial charge in [0.05, 0.1) is 11.8 Å². The molecule has 0 bridgehead atoms. The molecule has 19 heavy (non-hydrogen) atoms. The Morgan fingerprint density at radius 1 is 1.42 bits per heavy atom. The molecule has 0 aliphatic heterocycles. The first kappa shape index (κ1) is 14.1. The van der Waals surface area contributed by atoms with Crippen molar-refractivity contribution in [3.8, 4) is 0 Å². The fraction of sp³-hybridized carbons (Fsp3) is 0.429. The molecule has 0 aliphatic carbocycles. The number of nitrogens with one attached hydrogen (secondary N) is 1. The highest BCUT2D eigenvalue weighted by molar-refractivity contribution is 7.98. The molecule has 0 saturated carbocycles. The van der Waals surface area contributed by atoms with Gasteiger partial charge in [0.1, 0.15) is 0 Å². The summed E-state index contributed by atoms with van der Waals surface area (Å²) in [6.45, 7) is 4.18. The number of aryl methyl sites for hydroxylation is 1. The van der Waals surface area contributed by atoms with E-state index in [4.69, 9.17) is 4.52 Å². The van der Waals surface area contributed by atoms with Gasteiger partial charge in [-0.05, 0) is 32.5 Å². The number of thioether (sulfide) groups is 1. The van der Waals surface area contributed by atoms with E-state index in [1.165, 1.54) is 10.5 Å². The van der Waals surface area contributed by atoms with Crippen LogP contribution in [0.1, 0.15) is 36.7 Å². The Bertz CT molecular complexity index is 523. The topological polar surface area (TPSA) is 51.0 Å². The highest BCUT2D eigenvalue weighted by atomic mass is 32.2. The predicted octanol–water partition coefficient (Wildman–Crippen LogP) is 3.34. The zero-order valence-electron chi connectivity index (χ0n) is 11.5. The molecule has 1 atom stereocenters. The molecule has 2 rings (SSSR count). The van der Waals surface area contributed by atoms with Crippen molar-refractivity contribution in [2.24, 2.45) is 0 Å². The predicted molar refractivity (Wildman–Crippen MR) is 77.1 cm³/mol. The minimum Gasteiger partial charge on any atom is -0.338 e. The number of rotatable bonds is 6. The number of aromatic nitrogens is 2. The summed E-state index contributed by atoms with van der Waals surface area (Å²) in [5.41, 5.74) is 1.26. The molecule has 1 N–H and O–H groups in total. The van der Waals surface area contributed by atoms with E-state index in [1.807, 2.05) is 7.05 Å². The van der Waals surface area contributed by atoms with Crippen molar-refractivity contribution in [1.29, 1.82) is 0 Å². The largest absolute Gasteiger partial charge is 0.338 e. The van der Waals surface area contributed by atoms with Gasteiger partial charge in [0.2, 0.25) is 5.89 Å². The maximum absolute atomic E-state index is 5.28.